The van der Waals surface area contributed by atoms with E-state index in [1.807, 2.05) is 72.5 Å². The maximum absolute atomic E-state index is 13.6. The Bertz CT molecular complexity index is 3320. The molecule has 4 N–H and O–H groups in total. The number of hydrogen-bond acceptors (Lipinski definition) is 14. The topological polar surface area (TPSA) is 223 Å². The third-order valence-electron chi connectivity index (χ3n) is 14.8. The third kappa shape index (κ3) is 8.76. The van der Waals surface area contributed by atoms with Gasteiger partial charge in [0.1, 0.15) is 22.8 Å². The van der Waals surface area contributed by atoms with Gasteiger partial charge in [-0.3, -0.25) is 44.4 Å². The predicted molar refractivity (Wildman–Crippen MR) is 271 cm³/mol. The number of carboxylic acid groups (broad SMARTS) is 1. The molecule has 3 aromatic carbocycles. The van der Waals surface area contributed by atoms with Crippen LogP contribution in [0, 0.1) is 12.3 Å². The quantitative estimate of drug-likeness (QED) is 0.0886. The number of nitrogens with one attached hydrogen (secondary N) is 3. The van der Waals surface area contributed by atoms with Crippen LogP contribution >= 0.6 is 11.3 Å². The number of rotatable bonds is 12. The minimum atomic E-state index is -1.15. The Balaban J connectivity index is 0.706. The summed E-state index contributed by atoms with van der Waals surface area (Å²) in [5.41, 5.74) is 6.69. The summed E-state index contributed by atoms with van der Waals surface area (Å²) < 4.78 is 15.0. The smallest absolute Gasteiger partial charge is 0.355 e. The molecule has 19 heteroatoms. The van der Waals surface area contributed by atoms with Crippen molar-refractivity contribution in [2.75, 3.05) is 48.8 Å². The van der Waals surface area contributed by atoms with Gasteiger partial charge in [-0.2, -0.15) is 5.10 Å². The molecule has 1 aliphatic carbocycles. The van der Waals surface area contributed by atoms with E-state index in [0.717, 1.165) is 76.6 Å². The molecular weight excluding hydrogens is 937 g/mol. The minimum absolute atomic E-state index is 0.00257. The lowest BCUT2D eigenvalue weighted by Crippen LogP contribution is -2.51. The Morgan fingerprint density at radius 2 is 1.74 bits per heavy atom. The maximum atomic E-state index is 13.6. The van der Waals surface area contributed by atoms with Gasteiger partial charge in [-0.1, -0.05) is 35.6 Å². The highest BCUT2D eigenvalue weighted by atomic mass is 32.1. The van der Waals surface area contributed by atoms with E-state index in [2.05, 4.69) is 35.9 Å². The van der Waals surface area contributed by atoms with Gasteiger partial charge in [-0.25, -0.2) is 14.8 Å². The highest BCUT2D eigenvalue weighted by Gasteiger charge is 2.47. The summed E-state index contributed by atoms with van der Waals surface area (Å²) in [6.07, 6.45) is 6.53. The van der Waals surface area contributed by atoms with Gasteiger partial charge in [0.05, 0.1) is 47.3 Å². The molecule has 18 nitrogen and oxygen atoms in total. The first-order chi connectivity index (χ1) is 34.8. The number of anilines is 3. The van der Waals surface area contributed by atoms with E-state index in [0.29, 0.717) is 76.5 Å². The Kier molecular flexibility index (Phi) is 12.1. The number of carboxylic acids is 1. The second-order valence-electron chi connectivity index (χ2n) is 19.2. The average Bonchev–Trinajstić information content (AvgIpc) is 3.93. The Hall–Kier alpha value is -7.77. The van der Waals surface area contributed by atoms with Crippen LogP contribution in [0.4, 0.5) is 16.6 Å². The van der Waals surface area contributed by atoms with Crippen LogP contribution in [-0.4, -0.2) is 104 Å². The van der Waals surface area contributed by atoms with E-state index in [1.165, 1.54) is 18.4 Å². The number of piperidine rings is 2. The number of amides is 4. The largest absolute Gasteiger partial charge is 0.492 e. The molecule has 0 radical (unpaired) electrons. The molecule has 11 rings (SSSR count). The van der Waals surface area contributed by atoms with E-state index in [-0.39, 0.29) is 53.8 Å². The number of carbonyl (C=O) groups is 5. The summed E-state index contributed by atoms with van der Waals surface area (Å²) >= 11 is 1.40. The number of imide groups is 1. The third-order valence-corrected chi connectivity index (χ3v) is 15.8. The number of aromatic carboxylic acids is 1. The number of para-hydroxylation sites is 1. The van der Waals surface area contributed by atoms with Crippen molar-refractivity contribution in [2.45, 2.75) is 70.4 Å². The Labute approximate surface area is 417 Å². The zero-order valence-corrected chi connectivity index (χ0v) is 40.8. The zero-order valence-electron chi connectivity index (χ0n) is 40.0. The number of benzene rings is 3. The van der Waals surface area contributed by atoms with Gasteiger partial charge < -0.3 is 24.8 Å². The molecule has 3 fully saturated rings. The van der Waals surface area contributed by atoms with E-state index >= 15 is 0 Å². The number of nitrogens with zero attached hydrogens (tertiary/aromatic N) is 7. The number of hydrogen-bond donors (Lipinski definition) is 4. The van der Waals surface area contributed by atoms with Crippen LogP contribution in [0.25, 0.3) is 32.2 Å². The van der Waals surface area contributed by atoms with Crippen molar-refractivity contribution in [1.82, 2.24) is 34.9 Å². The highest BCUT2D eigenvalue weighted by molar-refractivity contribution is 7.22. The molecule has 1 saturated carbocycles. The summed E-state index contributed by atoms with van der Waals surface area (Å²) in [7, 11) is 3.30. The SMILES string of the molecule is COc1c(NC(=O)CN2CCC3(CC2)CC(Oc2cccc(-c4ccc(N5CCc6ccnc(C(=O)Nc7nc8ccccc8s7)c6C5)nc4C(=O)O)c2C)C3)ccc2c(C3CCC(=O)NC3=O)nn(C)c12. The van der Waals surface area contributed by atoms with Gasteiger partial charge in [0.25, 0.3) is 5.91 Å². The number of likely N-dealkylation sites (tertiary alicyclic amines) is 1. The second-order valence-corrected chi connectivity index (χ2v) is 20.3. The van der Waals surface area contributed by atoms with Crippen LogP contribution in [0.2, 0.25) is 0 Å². The number of pyridine rings is 2. The fourth-order valence-electron chi connectivity index (χ4n) is 11.0. The summed E-state index contributed by atoms with van der Waals surface area (Å²) in [5.74, 6) is -1.24. The second kappa shape index (κ2) is 18.8. The van der Waals surface area contributed by atoms with Crippen molar-refractivity contribution in [3.05, 3.63) is 113 Å². The van der Waals surface area contributed by atoms with Gasteiger partial charge in [-0.05, 0) is 129 Å². The van der Waals surface area contributed by atoms with E-state index in [4.69, 9.17) is 14.5 Å². The monoisotopic (exact) mass is 988 g/mol. The van der Waals surface area contributed by atoms with Crippen LogP contribution in [0.3, 0.4) is 0 Å². The molecule has 3 aliphatic heterocycles. The number of thiazole rings is 1. The van der Waals surface area contributed by atoms with Gasteiger partial charge in [0.2, 0.25) is 17.7 Å². The Morgan fingerprint density at radius 3 is 2.51 bits per heavy atom. The molecule has 1 spiro atoms. The highest BCUT2D eigenvalue weighted by Crippen LogP contribution is 2.51. The zero-order chi connectivity index (χ0) is 49.8. The number of aryl methyl sites for hydroxylation is 1. The predicted octanol–water partition coefficient (Wildman–Crippen LogP) is 7.25. The fourth-order valence-corrected chi connectivity index (χ4v) is 11.9. The molecule has 4 amide bonds. The first-order valence-electron chi connectivity index (χ1n) is 24.1. The molecule has 4 aliphatic rings. The van der Waals surface area contributed by atoms with Crippen molar-refractivity contribution in [2.24, 2.45) is 12.5 Å². The van der Waals surface area contributed by atoms with E-state index < -0.39 is 11.9 Å². The maximum Gasteiger partial charge on any atom is 0.355 e. The normalized spacial score (nSPS) is 17.9. The molecule has 1 unspecified atom stereocenters. The molecule has 1 atom stereocenters. The first-order valence-corrected chi connectivity index (χ1v) is 24.9. The number of ether oxygens (including phenoxy) is 2. The number of carbonyl (C=O) groups excluding carboxylic acids is 4. The van der Waals surface area contributed by atoms with Crippen LogP contribution < -0.4 is 30.3 Å². The summed E-state index contributed by atoms with van der Waals surface area (Å²) in [6.45, 7) is 4.62. The lowest BCUT2D eigenvalue weighted by atomic mass is 9.61. The van der Waals surface area contributed by atoms with Gasteiger partial charge in [0, 0.05) is 49.3 Å². The van der Waals surface area contributed by atoms with Crippen molar-refractivity contribution in [1.29, 1.82) is 0 Å². The van der Waals surface area contributed by atoms with E-state index in [1.54, 1.807) is 30.1 Å². The molecule has 4 aromatic heterocycles. The van der Waals surface area contributed by atoms with Crippen LogP contribution in [0.15, 0.2) is 79.0 Å². The Morgan fingerprint density at radius 1 is 0.917 bits per heavy atom. The van der Waals surface area contributed by atoms with Gasteiger partial charge >= 0.3 is 5.97 Å². The fraction of sp³-hybridized carbons (Fsp3) is 0.340. The molecule has 2 saturated heterocycles. The molecular formula is C53H52N10O8S. The first kappa shape index (κ1) is 46.6. The van der Waals surface area contributed by atoms with Crippen molar-refractivity contribution in [3.63, 3.8) is 0 Å². The van der Waals surface area contributed by atoms with Crippen molar-refractivity contribution < 1.29 is 38.6 Å². The number of aromatic nitrogens is 5. The molecule has 7 aromatic rings. The van der Waals surface area contributed by atoms with Gasteiger partial charge in [-0.15, -0.1) is 0 Å². The van der Waals surface area contributed by atoms with Crippen LogP contribution in [0.5, 0.6) is 11.5 Å². The molecule has 7 heterocycles. The molecule has 368 valence electrons. The summed E-state index contributed by atoms with van der Waals surface area (Å²) in [6, 6.07) is 22.6. The van der Waals surface area contributed by atoms with E-state index in [9.17, 15) is 29.1 Å². The summed E-state index contributed by atoms with van der Waals surface area (Å²) in [4.78, 5) is 82.3. The lowest BCUT2D eigenvalue weighted by molar-refractivity contribution is -0.134. The molecule has 72 heavy (non-hydrogen) atoms. The van der Waals surface area contributed by atoms with Crippen LogP contribution in [-0.2, 0) is 34.4 Å². The van der Waals surface area contributed by atoms with Crippen molar-refractivity contribution in [3.8, 4) is 22.6 Å². The van der Waals surface area contributed by atoms with Gasteiger partial charge in [0.15, 0.2) is 16.6 Å². The van der Waals surface area contributed by atoms with Crippen molar-refractivity contribution >= 4 is 78.7 Å². The van der Waals surface area contributed by atoms with Crippen LogP contribution in [0.1, 0.15) is 87.8 Å². The number of methoxy groups -OCH3 is 1. The standard InChI is InChI=1S/C53H52N10O8S/c1-29-32(33-12-15-41(57-46(33)51(68)69)63-22-18-30-17-21-54-45(36(30)27-63)50(67)59-52-56-37-8-4-5-10-40(37)72-52)7-6-9-39(29)71-31-25-53(26-31)19-23-62(24-20-53)28-43(65)55-38-14-11-34-44(35-13-16-42(64)58-49(35)66)60-61(2)47(34)48(38)70-3/h4-12,14-15,17,21,31,35H,13,16,18-20,22-28H2,1-3H3,(H,55,65)(H,68,69)(H,56,59,67)(H,58,64,66). The number of fused-ring (bicyclic) bond motifs is 3. The minimum Gasteiger partial charge on any atom is -0.492 e. The average molecular weight is 989 g/mol. The summed E-state index contributed by atoms with van der Waals surface area (Å²) in [5, 5.41) is 24.8. The molecule has 0 bridgehead atoms. The lowest BCUT2D eigenvalue weighted by Gasteiger charge is -2.51.